The number of hydrogen-bond donors (Lipinski definition) is 2. The Morgan fingerprint density at radius 3 is 2.84 bits per heavy atom. The number of hydrogen-bond acceptors (Lipinski definition) is 6. The number of nitrogens with zero attached hydrogens (tertiary/aromatic N) is 3. The van der Waals surface area contributed by atoms with Crippen LogP contribution < -0.4 is 14.8 Å². The fraction of sp³-hybridized carbons (Fsp3) is 0.500. The smallest absolute Gasteiger partial charge is 0.163 e. The molecule has 1 aliphatic carbocycles. The summed E-state index contributed by atoms with van der Waals surface area (Å²) in [6.07, 6.45) is 8.69. The van der Waals surface area contributed by atoms with Crippen molar-refractivity contribution in [2.24, 2.45) is 0 Å². The summed E-state index contributed by atoms with van der Waals surface area (Å²) in [5.74, 6) is 1.54. The first kappa shape index (κ1) is 20.1. The summed E-state index contributed by atoms with van der Waals surface area (Å²) < 4.78 is 11.9. The highest BCUT2D eigenvalue weighted by atomic mass is 16.5. The molecule has 0 unspecified atom stereocenters. The van der Waals surface area contributed by atoms with Crippen molar-refractivity contribution in [2.45, 2.75) is 45.1 Å². The molecule has 2 N–H and O–H groups in total. The number of pyridine rings is 1. The number of rotatable bonds is 9. The number of aromatic nitrogens is 3. The number of likely N-dealkylation sites (tertiary alicyclic amines) is 1. The average Bonchev–Trinajstić information content (AvgIpc) is 3.56. The minimum atomic E-state index is 0.689. The van der Waals surface area contributed by atoms with E-state index in [1.807, 2.05) is 12.1 Å². The maximum atomic E-state index is 6.15. The summed E-state index contributed by atoms with van der Waals surface area (Å²) in [7, 11) is 1.71. The Morgan fingerprint density at radius 2 is 2.03 bits per heavy atom. The van der Waals surface area contributed by atoms with Gasteiger partial charge in [-0.3, -0.25) is 10.1 Å². The number of nitrogens with one attached hydrogen (secondary N) is 2. The largest absolute Gasteiger partial charge is 0.493 e. The first-order chi connectivity index (χ1) is 15.3. The minimum absolute atomic E-state index is 0.689. The molecule has 2 aliphatic rings. The Labute approximate surface area is 183 Å². The monoisotopic (exact) mass is 421 g/mol. The Morgan fingerprint density at radius 1 is 1.13 bits per heavy atom. The van der Waals surface area contributed by atoms with Crippen LogP contribution in [0, 0.1) is 0 Å². The van der Waals surface area contributed by atoms with Gasteiger partial charge in [0.05, 0.1) is 31.5 Å². The summed E-state index contributed by atoms with van der Waals surface area (Å²) >= 11 is 0. The van der Waals surface area contributed by atoms with Crippen LogP contribution in [0.1, 0.15) is 42.6 Å². The zero-order chi connectivity index (χ0) is 21.0. The number of H-pyrrole nitrogens is 1. The van der Waals surface area contributed by atoms with Crippen LogP contribution >= 0.6 is 0 Å². The normalized spacial score (nSPS) is 16.0. The topological polar surface area (TPSA) is 75.3 Å². The standard InChI is InChI=1S/C24H31N5O2/c1-30-22-14-19-21(15-23(22)31-13-5-12-29-10-2-3-11-29)27-20-7-4-6-18(20)24(19)25-16-17-8-9-26-28-17/h8-9,14-15H,2-7,10-13,16H2,1H3,(H,25,27)(H,26,28). The minimum Gasteiger partial charge on any atom is -0.493 e. The van der Waals surface area contributed by atoms with E-state index in [1.54, 1.807) is 13.3 Å². The maximum Gasteiger partial charge on any atom is 0.163 e. The van der Waals surface area contributed by atoms with Gasteiger partial charge in [-0.15, -0.1) is 0 Å². The van der Waals surface area contributed by atoms with Crippen LogP contribution in [0.4, 0.5) is 5.69 Å². The summed E-state index contributed by atoms with van der Waals surface area (Å²) in [5.41, 5.74) is 5.70. The molecule has 1 aromatic carbocycles. The molecule has 2 aromatic heterocycles. The van der Waals surface area contributed by atoms with Crippen LogP contribution in [-0.2, 0) is 19.4 Å². The molecule has 0 radical (unpaired) electrons. The highest BCUT2D eigenvalue weighted by Gasteiger charge is 2.21. The highest BCUT2D eigenvalue weighted by Crippen LogP contribution is 2.39. The van der Waals surface area contributed by atoms with Gasteiger partial charge >= 0.3 is 0 Å². The molecule has 1 saturated heterocycles. The second-order valence-electron chi connectivity index (χ2n) is 8.47. The van der Waals surface area contributed by atoms with Crippen molar-refractivity contribution in [3.05, 3.63) is 41.3 Å². The Bertz CT molecular complexity index is 1030. The van der Waals surface area contributed by atoms with Gasteiger partial charge in [0, 0.05) is 35.6 Å². The molecule has 5 rings (SSSR count). The lowest BCUT2D eigenvalue weighted by Gasteiger charge is -2.18. The molecule has 7 nitrogen and oxygen atoms in total. The van der Waals surface area contributed by atoms with E-state index in [2.05, 4.69) is 26.5 Å². The predicted molar refractivity (Wildman–Crippen MR) is 122 cm³/mol. The first-order valence-corrected chi connectivity index (χ1v) is 11.4. The van der Waals surface area contributed by atoms with Crippen LogP contribution in [-0.4, -0.2) is 53.4 Å². The molecule has 3 aromatic rings. The lowest BCUT2D eigenvalue weighted by Crippen LogP contribution is -2.21. The number of fused-ring (bicyclic) bond motifs is 2. The average molecular weight is 422 g/mol. The third-order valence-electron chi connectivity index (χ3n) is 6.39. The summed E-state index contributed by atoms with van der Waals surface area (Å²) in [5, 5.41) is 11.8. The van der Waals surface area contributed by atoms with E-state index in [4.69, 9.17) is 14.5 Å². The predicted octanol–water partition coefficient (Wildman–Crippen LogP) is 3.93. The number of aromatic amines is 1. The maximum absolute atomic E-state index is 6.15. The number of benzene rings is 1. The molecule has 1 aliphatic heterocycles. The Balaban J connectivity index is 1.39. The van der Waals surface area contributed by atoms with E-state index in [9.17, 15) is 0 Å². The molecule has 0 saturated carbocycles. The van der Waals surface area contributed by atoms with E-state index in [0.717, 1.165) is 66.0 Å². The summed E-state index contributed by atoms with van der Waals surface area (Å²) in [6.45, 7) is 4.94. The van der Waals surface area contributed by atoms with Crippen molar-refractivity contribution in [3.8, 4) is 11.5 Å². The highest BCUT2D eigenvalue weighted by molar-refractivity contribution is 5.96. The van der Waals surface area contributed by atoms with E-state index >= 15 is 0 Å². The van der Waals surface area contributed by atoms with Crippen molar-refractivity contribution in [2.75, 3.05) is 38.7 Å². The van der Waals surface area contributed by atoms with Crippen LogP contribution in [0.15, 0.2) is 24.4 Å². The van der Waals surface area contributed by atoms with Gasteiger partial charge in [0.1, 0.15) is 0 Å². The van der Waals surface area contributed by atoms with Gasteiger partial charge in [0.25, 0.3) is 0 Å². The Hall–Kier alpha value is -2.80. The summed E-state index contributed by atoms with van der Waals surface area (Å²) in [6, 6.07) is 6.11. The summed E-state index contributed by atoms with van der Waals surface area (Å²) in [4.78, 5) is 7.50. The molecule has 3 heterocycles. The number of ether oxygens (including phenoxy) is 2. The van der Waals surface area contributed by atoms with Crippen LogP contribution in [0.3, 0.4) is 0 Å². The van der Waals surface area contributed by atoms with Gasteiger partial charge in [-0.2, -0.15) is 5.10 Å². The van der Waals surface area contributed by atoms with Crippen molar-refractivity contribution in [1.82, 2.24) is 20.1 Å². The van der Waals surface area contributed by atoms with Crippen molar-refractivity contribution in [1.29, 1.82) is 0 Å². The molecule has 1 fully saturated rings. The molecular formula is C24H31N5O2. The van der Waals surface area contributed by atoms with Gasteiger partial charge in [0.2, 0.25) is 0 Å². The molecular weight excluding hydrogens is 390 g/mol. The fourth-order valence-electron chi connectivity index (χ4n) is 4.79. The van der Waals surface area contributed by atoms with E-state index in [0.29, 0.717) is 13.2 Å². The third kappa shape index (κ3) is 4.32. The lowest BCUT2D eigenvalue weighted by atomic mass is 10.1. The molecule has 0 bridgehead atoms. The lowest BCUT2D eigenvalue weighted by molar-refractivity contribution is 0.254. The first-order valence-electron chi connectivity index (χ1n) is 11.4. The molecule has 31 heavy (non-hydrogen) atoms. The van der Waals surface area contributed by atoms with Crippen LogP contribution in [0.5, 0.6) is 11.5 Å². The van der Waals surface area contributed by atoms with E-state index in [-0.39, 0.29) is 0 Å². The second kappa shape index (κ2) is 9.14. The number of anilines is 1. The van der Waals surface area contributed by atoms with Crippen LogP contribution in [0.2, 0.25) is 0 Å². The molecule has 0 spiro atoms. The van der Waals surface area contributed by atoms with Crippen molar-refractivity contribution < 1.29 is 9.47 Å². The molecule has 7 heteroatoms. The Kier molecular flexibility index (Phi) is 5.93. The molecule has 0 amide bonds. The van der Waals surface area contributed by atoms with Gasteiger partial charge in [-0.05, 0) is 69.3 Å². The van der Waals surface area contributed by atoms with Crippen LogP contribution in [0.25, 0.3) is 10.9 Å². The van der Waals surface area contributed by atoms with Gasteiger partial charge in [-0.1, -0.05) is 0 Å². The molecule has 164 valence electrons. The van der Waals surface area contributed by atoms with Crippen molar-refractivity contribution in [3.63, 3.8) is 0 Å². The zero-order valence-corrected chi connectivity index (χ0v) is 18.2. The van der Waals surface area contributed by atoms with E-state index < -0.39 is 0 Å². The number of aryl methyl sites for hydroxylation is 1. The zero-order valence-electron chi connectivity index (χ0n) is 18.2. The second-order valence-corrected chi connectivity index (χ2v) is 8.47. The quantitative estimate of drug-likeness (QED) is 0.510. The number of methoxy groups -OCH3 is 1. The van der Waals surface area contributed by atoms with E-state index in [1.165, 1.54) is 37.2 Å². The van der Waals surface area contributed by atoms with Gasteiger partial charge in [-0.25, -0.2) is 0 Å². The van der Waals surface area contributed by atoms with Gasteiger partial charge < -0.3 is 19.7 Å². The molecule has 0 atom stereocenters. The van der Waals surface area contributed by atoms with Gasteiger partial charge in [0.15, 0.2) is 11.5 Å². The van der Waals surface area contributed by atoms with Crippen molar-refractivity contribution >= 4 is 16.6 Å². The SMILES string of the molecule is COc1cc2c(NCc3ccn[nH]3)c3c(nc2cc1OCCCN1CCCC1)CCC3. The third-order valence-corrected chi connectivity index (χ3v) is 6.39. The fourth-order valence-corrected chi connectivity index (χ4v) is 4.79.